The number of para-hydroxylation sites is 1. The van der Waals surface area contributed by atoms with Gasteiger partial charge < -0.3 is 5.32 Å². The minimum atomic E-state index is -3.67. The highest BCUT2D eigenvalue weighted by atomic mass is 32.2. The maximum absolute atomic E-state index is 13.2. The number of nitrogens with zero attached hydrogens (tertiary/aromatic N) is 1. The third kappa shape index (κ3) is 4.89. The van der Waals surface area contributed by atoms with Gasteiger partial charge in [-0.1, -0.05) is 73.2 Å². The highest BCUT2D eigenvalue weighted by molar-refractivity contribution is 7.92. The van der Waals surface area contributed by atoms with Crippen LogP contribution in [0.1, 0.15) is 18.9 Å². The van der Waals surface area contributed by atoms with Crippen molar-refractivity contribution in [2.75, 3.05) is 15.9 Å². The first-order valence-electron chi connectivity index (χ1n) is 9.82. The van der Waals surface area contributed by atoms with Gasteiger partial charge in [0.2, 0.25) is 15.9 Å². The normalized spacial score (nSPS) is 12.2. The van der Waals surface area contributed by atoms with Crippen LogP contribution in [0.15, 0.2) is 78.9 Å². The fourth-order valence-electron chi connectivity index (χ4n) is 3.43. The Balaban J connectivity index is 1.96. The molecule has 3 rings (SSSR count). The Bertz CT molecular complexity index is 1110. The second-order valence-corrected chi connectivity index (χ2v) is 9.08. The van der Waals surface area contributed by atoms with Crippen molar-refractivity contribution in [3.63, 3.8) is 0 Å². The molecular weight excluding hydrogens is 396 g/mol. The van der Waals surface area contributed by atoms with E-state index >= 15 is 0 Å². The third-order valence-electron chi connectivity index (χ3n) is 4.89. The molecule has 0 saturated heterocycles. The van der Waals surface area contributed by atoms with E-state index in [2.05, 4.69) is 5.32 Å². The van der Waals surface area contributed by atoms with E-state index in [4.69, 9.17) is 0 Å². The maximum Gasteiger partial charge on any atom is 0.248 e. The third-order valence-corrected chi connectivity index (χ3v) is 6.07. The van der Waals surface area contributed by atoms with Crippen molar-refractivity contribution >= 4 is 27.3 Å². The molecule has 156 valence electrons. The van der Waals surface area contributed by atoms with E-state index in [1.165, 1.54) is 4.31 Å². The second kappa shape index (κ2) is 9.13. The highest BCUT2D eigenvalue weighted by Crippen LogP contribution is 2.29. The van der Waals surface area contributed by atoms with Gasteiger partial charge in [-0.05, 0) is 37.1 Å². The van der Waals surface area contributed by atoms with Gasteiger partial charge in [-0.3, -0.25) is 9.10 Å². The van der Waals surface area contributed by atoms with Gasteiger partial charge in [-0.15, -0.1) is 0 Å². The standard InChI is InChI=1S/C24H26N2O3S/c1-4-23(26(30(3,28)29)20-16-14-18(2)15-17-20)24(27)25-22-13-9-8-12-21(22)19-10-6-5-7-11-19/h5-17,23H,4H2,1-3H3,(H,25,27)/t23-/m0/s1. The summed E-state index contributed by atoms with van der Waals surface area (Å²) in [6.07, 6.45) is 1.46. The van der Waals surface area contributed by atoms with Crippen molar-refractivity contribution in [1.29, 1.82) is 0 Å². The number of anilines is 2. The molecule has 0 saturated carbocycles. The summed E-state index contributed by atoms with van der Waals surface area (Å²) in [7, 11) is -3.67. The van der Waals surface area contributed by atoms with E-state index < -0.39 is 16.1 Å². The number of benzene rings is 3. The van der Waals surface area contributed by atoms with Gasteiger partial charge >= 0.3 is 0 Å². The molecule has 0 spiro atoms. The summed E-state index contributed by atoms with van der Waals surface area (Å²) in [6, 6.07) is 23.5. The zero-order valence-corrected chi connectivity index (χ0v) is 18.2. The monoisotopic (exact) mass is 422 g/mol. The van der Waals surface area contributed by atoms with E-state index in [9.17, 15) is 13.2 Å². The van der Waals surface area contributed by atoms with E-state index in [0.717, 1.165) is 22.9 Å². The van der Waals surface area contributed by atoms with Gasteiger partial charge in [0.15, 0.2) is 0 Å². The summed E-state index contributed by atoms with van der Waals surface area (Å²) in [4.78, 5) is 13.2. The molecule has 3 aromatic carbocycles. The fourth-order valence-corrected chi connectivity index (χ4v) is 4.64. The van der Waals surface area contributed by atoms with Crippen molar-refractivity contribution in [2.45, 2.75) is 26.3 Å². The van der Waals surface area contributed by atoms with Crippen molar-refractivity contribution in [1.82, 2.24) is 0 Å². The Labute approximate surface area is 178 Å². The number of hydrogen-bond acceptors (Lipinski definition) is 3. The lowest BCUT2D eigenvalue weighted by molar-refractivity contribution is -0.117. The predicted octanol–water partition coefficient (Wildman–Crippen LogP) is 4.85. The molecule has 6 heteroatoms. The lowest BCUT2D eigenvalue weighted by Gasteiger charge is -2.30. The van der Waals surface area contributed by atoms with Crippen molar-refractivity contribution in [3.05, 3.63) is 84.4 Å². The fraction of sp³-hybridized carbons (Fsp3) is 0.208. The number of hydrogen-bond donors (Lipinski definition) is 1. The van der Waals surface area contributed by atoms with E-state index in [-0.39, 0.29) is 5.91 Å². The number of carbonyl (C=O) groups excluding carboxylic acids is 1. The second-order valence-electron chi connectivity index (χ2n) is 7.22. The molecule has 0 bridgehead atoms. The summed E-state index contributed by atoms with van der Waals surface area (Å²) in [5, 5.41) is 2.95. The lowest BCUT2D eigenvalue weighted by atomic mass is 10.0. The molecule has 1 atom stereocenters. The zero-order chi connectivity index (χ0) is 21.7. The Kier molecular flexibility index (Phi) is 6.57. The molecule has 5 nitrogen and oxygen atoms in total. The minimum absolute atomic E-state index is 0.334. The Morgan fingerprint density at radius 3 is 2.13 bits per heavy atom. The van der Waals surface area contributed by atoms with Crippen LogP contribution in [-0.2, 0) is 14.8 Å². The highest BCUT2D eigenvalue weighted by Gasteiger charge is 2.31. The van der Waals surface area contributed by atoms with Crippen LogP contribution in [0.4, 0.5) is 11.4 Å². The van der Waals surface area contributed by atoms with E-state index in [0.29, 0.717) is 17.8 Å². The van der Waals surface area contributed by atoms with Crippen LogP contribution in [0.25, 0.3) is 11.1 Å². The molecule has 0 radical (unpaired) electrons. The number of amides is 1. The topological polar surface area (TPSA) is 66.5 Å². The summed E-state index contributed by atoms with van der Waals surface area (Å²) in [5.74, 6) is -0.369. The summed E-state index contributed by atoms with van der Waals surface area (Å²) >= 11 is 0. The van der Waals surface area contributed by atoms with Gasteiger partial charge in [0.05, 0.1) is 11.9 Å². The molecule has 0 aliphatic rings. The number of sulfonamides is 1. The van der Waals surface area contributed by atoms with Gasteiger partial charge in [-0.2, -0.15) is 0 Å². The molecule has 30 heavy (non-hydrogen) atoms. The first-order chi connectivity index (χ1) is 14.3. The molecule has 1 amide bonds. The molecule has 0 aliphatic carbocycles. The largest absolute Gasteiger partial charge is 0.324 e. The molecule has 1 N–H and O–H groups in total. The van der Waals surface area contributed by atoms with E-state index in [1.807, 2.05) is 73.7 Å². The minimum Gasteiger partial charge on any atom is -0.324 e. The summed E-state index contributed by atoms with van der Waals surface area (Å²) in [5.41, 5.74) is 3.98. The van der Waals surface area contributed by atoms with Gasteiger partial charge in [0.1, 0.15) is 6.04 Å². The average Bonchev–Trinajstić information content (AvgIpc) is 2.73. The van der Waals surface area contributed by atoms with Crippen LogP contribution >= 0.6 is 0 Å². The molecule has 0 aromatic heterocycles. The van der Waals surface area contributed by atoms with Crippen LogP contribution in [0, 0.1) is 6.92 Å². The van der Waals surface area contributed by atoms with Gasteiger partial charge in [0, 0.05) is 11.3 Å². The van der Waals surface area contributed by atoms with Crippen molar-refractivity contribution in [2.24, 2.45) is 0 Å². The summed E-state index contributed by atoms with van der Waals surface area (Å²) < 4.78 is 26.4. The average molecular weight is 423 g/mol. The Morgan fingerprint density at radius 1 is 0.933 bits per heavy atom. The number of carbonyl (C=O) groups is 1. The SMILES string of the molecule is CC[C@@H](C(=O)Nc1ccccc1-c1ccccc1)N(c1ccc(C)cc1)S(C)(=O)=O. The van der Waals surface area contributed by atoms with Gasteiger partial charge in [-0.25, -0.2) is 8.42 Å². The molecule has 3 aromatic rings. The quantitative estimate of drug-likeness (QED) is 0.592. The number of nitrogens with one attached hydrogen (secondary N) is 1. The lowest BCUT2D eigenvalue weighted by Crippen LogP contribution is -2.47. The smallest absolute Gasteiger partial charge is 0.248 e. The number of aryl methyl sites for hydroxylation is 1. The first-order valence-corrected chi connectivity index (χ1v) is 11.7. The molecule has 0 fully saturated rings. The van der Waals surface area contributed by atoms with Crippen LogP contribution < -0.4 is 9.62 Å². The molecular formula is C24H26N2O3S. The Morgan fingerprint density at radius 2 is 1.53 bits per heavy atom. The van der Waals surface area contributed by atoms with Crippen molar-refractivity contribution < 1.29 is 13.2 Å². The van der Waals surface area contributed by atoms with Crippen molar-refractivity contribution in [3.8, 4) is 11.1 Å². The van der Waals surface area contributed by atoms with Gasteiger partial charge in [0.25, 0.3) is 0 Å². The summed E-state index contributed by atoms with van der Waals surface area (Å²) in [6.45, 7) is 3.73. The van der Waals surface area contributed by atoms with Crippen LogP contribution in [-0.4, -0.2) is 26.6 Å². The molecule has 0 heterocycles. The molecule has 0 aliphatic heterocycles. The van der Waals surface area contributed by atoms with Crippen LogP contribution in [0.2, 0.25) is 0 Å². The van der Waals surface area contributed by atoms with Crippen LogP contribution in [0.5, 0.6) is 0 Å². The first kappa shape index (κ1) is 21.6. The van der Waals surface area contributed by atoms with E-state index in [1.54, 1.807) is 19.1 Å². The Hall–Kier alpha value is -3.12. The predicted molar refractivity (Wildman–Crippen MR) is 123 cm³/mol. The van der Waals surface area contributed by atoms with Crippen LogP contribution in [0.3, 0.4) is 0 Å². The molecule has 0 unspecified atom stereocenters. The maximum atomic E-state index is 13.2. The zero-order valence-electron chi connectivity index (χ0n) is 17.4. The number of rotatable bonds is 7.